The number of rotatable bonds is 8. The van der Waals surface area contributed by atoms with Crippen LogP contribution in [0, 0.1) is 12.8 Å². The van der Waals surface area contributed by atoms with Crippen molar-refractivity contribution in [1.29, 1.82) is 0 Å². The van der Waals surface area contributed by atoms with Gasteiger partial charge in [-0.2, -0.15) is 0 Å². The van der Waals surface area contributed by atoms with Crippen LogP contribution in [0.1, 0.15) is 67.8 Å². The van der Waals surface area contributed by atoms with Gasteiger partial charge in [-0.1, -0.05) is 33.6 Å². The van der Waals surface area contributed by atoms with E-state index in [1.165, 1.54) is 20.0 Å². The van der Waals surface area contributed by atoms with Gasteiger partial charge in [0.1, 0.15) is 5.00 Å². The van der Waals surface area contributed by atoms with E-state index < -0.39 is 0 Å². The first-order valence-electron chi connectivity index (χ1n) is 8.58. The lowest BCUT2D eigenvalue weighted by Crippen LogP contribution is -2.36. The Kier molecular flexibility index (Phi) is 8.70. The van der Waals surface area contributed by atoms with Crippen molar-refractivity contribution in [3.8, 4) is 0 Å². The molecule has 1 atom stereocenters. The molecular formula is C18H30N2O2S2. The van der Waals surface area contributed by atoms with E-state index in [1.54, 1.807) is 11.3 Å². The highest BCUT2D eigenvalue weighted by atomic mass is 32.1. The lowest BCUT2D eigenvalue weighted by molar-refractivity contribution is 0.0601. The fourth-order valence-corrected chi connectivity index (χ4v) is 4.18. The lowest BCUT2D eigenvalue weighted by Gasteiger charge is -2.17. The normalized spacial score (nSPS) is 12.1. The maximum absolute atomic E-state index is 12.1. The van der Waals surface area contributed by atoms with Gasteiger partial charge >= 0.3 is 5.97 Å². The number of hydrogen-bond donors (Lipinski definition) is 2. The Hall–Kier alpha value is -1.14. The van der Waals surface area contributed by atoms with Gasteiger partial charge in [0.05, 0.1) is 12.7 Å². The minimum absolute atomic E-state index is 0.303. The molecule has 0 spiro atoms. The number of thiophene rings is 1. The number of esters is 1. The molecule has 0 saturated heterocycles. The zero-order valence-electron chi connectivity index (χ0n) is 15.6. The third-order valence-electron chi connectivity index (χ3n) is 3.98. The van der Waals surface area contributed by atoms with Crippen molar-refractivity contribution in [3.63, 3.8) is 0 Å². The van der Waals surface area contributed by atoms with Gasteiger partial charge in [0.15, 0.2) is 5.11 Å². The zero-order chi connectivity index (χ0) is 18.3. The van der Waals surface area contributed by atoms with Crippen molar-refractivity contribution in [2.24, 2.45) is 5.92 Å². The first kappa shape index (κ1) is 20.9. The third kappa shape index (κ3) is 6.06. The molecule has 2 N–H and O–H groups in total. The van der Waals surface area contributed by atoms with Gasteiger partial charge in [0.2, 0.25) is 0 Å². The fraction of sp³-hybridized carbons (Fsp3) is 0.667. The molecule has 4 nitrogen and oxygen atoms in total. The second kappa shape index (κ2) is 9.99. The summed E-state index contributed by atoms with van der Waals surface area (Å²) in [6, 6.07) is 0.303. The molecule has 6 heteroatoms. The van der Waals surface area contributed by atoms with Crippen LogP contribution < -0.4 is 10.6 Å². The average molecular weight is 371 g/mol. The van der Waals surface area contributed by atoms with Gasteiger partial charge in [0.25, 0.3) is 0 Å². The number of anilines is 1. The van der Waals surface area contributed by atoms with E-state index in [-0.39, 0.29) is 5.97 Å². The largest absolute Gasteiger partial charge is 0.465 e. The summed E-state index contributed by atoms with van der Waals surface area (Å²) in [5.74, 6) is 0.415. The van der Waals surface area contributed by atoms with E-state index in [1.807, 2.05) is 13.8 Å². The Morgan fingerprint density at radius 1 is 1.29 bits per heavy atom. The van der Waals surface area contributed by atoms with Crippen LogP contribution in [-0.2, 0) is 11.2 Å². The molecule has 1 unspecified atom stereocenters. The number of ether oxygens (including phenoxy) is 1. The fourth-order valence-electron chi connectivity index (χ4n) is 2.68. The van der Waals surface area contributed by atoms with Crippen LogP contribution in [0.4, 0.5) is 5.00 Å². The number of methoxy groups -OCH3 is 1. The summed E-state index contributed by atoms with van der Waals surface area (Å²) < 4.78 is 4.93. The van der Waals surface area contributed by atoms with Crippen molar-refractivity contribution in [2.45, 2.75) is 66.3 Å². The molecular weight excluding hydrogens is 340 g/mol. The monoisotopic (exact) mass is 370 g/mol. The highest BCUT2D eigenvalue weighted by Gasteiger charge is 2.22. The van der Waals surface area contributed by atoms with E-state index >= 15 is 0 Å². The van der Waals surface area contributed by atoms with Gasteiger partial charge in [-0.05, 0) is 50.4 Å². The predicted octanol–water partition coefficient (Wildman–Crippen LogP) is 4.91. The maximum atomic E-state index is 12.1. The van der Waals surface area contributed by atoms with Crippen LogP contribution in [0.15, 0.2) is 0 Å². The third-order valence-corrected chi connectivity index (χ3v) is 5.26. The summed E-state index contributed by atoms with van der Waals surface area (Å²) >= 11 is 6.96. The first-order chi connectivity index (χ1) is 11.3. The minimum Gasteiger partial charge on any atom is -0.465 e. The number of carbonyl (C=O) groups excluding carboxylic acids is 1. The molecule has 0 aromatic carbocycles. The van der Waals surface area contributed by atoms with E-state index in [4.69, 9.17) is 17.0 Å². The van der Waals surface area contributed by atoms with E-state index in [2.05, 4.69) is 31.4 Å². The summed E-state index contributed by atoms with van der Waals surface area (Å²) in [5.41, 5.74) is 1.64. The molecule has 24 heavy (non-hydrogen) atoms. The number of thiocarbonyl (C=S) groups is 1. The van der Waals surface area contributed by atoms with Crippen LogP contribution >= 0.6 is 23.6 Å². The highest BCUT2D eigenvalue weighted by molar-refractivity contribution is 7.80. The number of hydrogen-bond acceptors (Lipinski definition) is 4. The van der Waals surface area contributed by atoms with Gasteiger partial charge in [-0.3, -0.25) is 0 Å². The summed E-state index contributed by atoms with van der Waals surface area (Å²) in [4.78, 5) is 13.2. The minimum atomic E-state index is -0.313. The summed E-state index contributed by atoms with van der Waals surface area (Å²) in [7, 11) is 1.41. The van der Waals surface area contributed by atoms with Crippen molar-refractivity contribution < 1.29 is 9.53 Å². The van der Waals surface area contributed by atoms with Gasteiger partial charge in [-0.15, -0.1) is 11.3 Å². The van der Waals surface area contributed by atoms with Crippen molar-refractivity contribution in [2.75, 3.05) is 12.4 Å². The molecule has 0 radical (unpaired) electrons. The first-order valence-corrected chi connectivity index (χ1v) is 9.80. The molecule has 1 rings (SSSR count). The van der Waals surface area contributed by atoms with Gasteiger partial charge in [-0.25, -0.2) is 4.79 Å². The maximum Gasteiger partial charge on any atom is 0.341 e. The smallest absolute Gasteiger partial charge is 0.341 e. The van der Waals surface area contributed by atoms with E-state index in [0.717, 1.165) is 34.2 Å². The molecule has 0 aliphatic heterocycles. The quantitative estimate of drug-likeness (QED) is 0.503. The van der Waals surface area contributed by atoms with E-state index in [0.29, 0.717) is 16.7 Å². The summed E-state index contributed by atoms with van der Waals surface area (Å²) in [6.45, 7) is 10.7. The van der Waals surface area contributed by atoms with Crippen LogP contribution in [0.3, 0.4) is 0 Å². The van der Waals surface area contributed by atoms with Crippen LogP contribution in [-0.4, -0.2) is 24.2 Å². The Morgan fingerprint density at radius 2 is 1.96 bits per heavy atom. The summed E-state index contributed by atoms with van der Waals surface area (Å²) in [6.07, 6.45) is 4.27. The Bertz CT molecular complexity index is 568. The predicted molar refractivity (Wildman–Crippen MR) is 107 cm³/mol. The molecule has 1 aromatic heterocycles. The second-order valence-electron chi connectivity index (χ2n) is 6.51. The van der Waals surface area contributed by atoms with Crippen LogP contribution in [0.25, 0.3) is 0 Å². The number of carbonyl (C=O) groups is 1. The number of aryl methyl sites for hydroxylation is 1. The molecule has 0 fully saturated rings. The molecule has 1 aromatic rings. The zero-order valence-corrected chi connectivity index (χ0v) is 17.2. The summed E-state index contributed by atoms with van der Waals surface area (Å²) in [5, 5.41) is 7.82. The van der Waals surface area contributed by atoms with Crippen molar-refractivity contribution in [1.82, 2.24) is 5.32 Å². The van der Waals surface area contributed by atoms with E-state index in [9.17, 15) is 4.79 Å². The molecule has 0 bridgehead atoms. The second-order valence-corrected chi connectivity index (χ2v) is 8.14. The SMILES string of the molecule is CCc1c(C)sc(NC(=S)NC(C)CCCC(C)C)c1C(=O)OC. The van der Waals surface area contributed by atoms with Crippen molar-refractivity contribution in [3.05, 3.63) is 16.0 Å². The standard InChI is InChI=1S/C18H30N2O2S2/c1-7-14-13(5)24-16(15(14)17(21)22-6)20-18(23)19-12(4)10-8-9-11(2)3/h11-12H,7-10H2,1-6H3,(H2,19,20,23). The van der Waals surface area contributed by atoms with Crippen LogP contribution in [0.5, 0.6) is 0 Å². The molecule has 1 heterocycles. The Labute approximate surface area is 155 Å². The molecule has 0 aliphatic carbocycles. The van der Waals surface area contributed by atoms with Crippen LogP contribution in [0.2, 0.25) is 0 Å². The molecule has 0 amide bonds. The Balaban J connectivity index is 2.71. The molecule has 136 valence electrons. The molecule has 0 saturated carbocycles. The highest BCUT2D eigenvalue weighted by Crippen LogP contribution is 2.34. The Morgan fingerprint density at radius 3 is 2.50 bits per heavy atom. The topological polar surface area (TPSA) is 50.4 Å². The average Bonchev–Trinajstić information content (AvgIpc) is 2.80. The molecule has 0 aliphatic rings. The lowest BCUT2D eigenvalue weighted by atomic mass is 10.0. The van der Waals surface area contributed by atoms with Gasteiger partial charge < -0.3 is 15.4 Å². The van der Waals surface area contributed by atoms with Crippen molar-refractivity contribution >= 4 is 39.6 Å². The van der Waals surface area contributed by atoms with Gasteiger partial charge in [0, 0.05) is 10.9 Å². The number of nitrogens with one attached hydrogen (secondary N) is 2.